The van der Waals surface area contributed by atoms with E-state index < -0.39 is 0 Å². The zero-order chi connectivity index (χ0) is 19.9. The Balaban J connectivity index is 1.64. The van der Waals surface area contributed by atoms with Gasteiger partial charge in [-0.15, -0.1) is 23.5 Å². The summed E-state index contributed by atoms with van der Waals surface area (Å²) in [6, 6.07) is 31.1. The first-order chi connectivity index (χ1) is 14.3. The number of rotatable bonds is 7. The molecule has 1 aliphatic carbocycles. The fraction of sp³-hybridized carbons (Fsp3) is 0.269. The molecule has 0 saturated heterocycles. The maximum absolute atomic E-state index is 13.1. The van der Waals surface area contributed by atoms with E-state index in [1.54, 1.807) is 0 Å². The molecule has 29 heavy (non-hydrogen) atoms. The third-order valence-corrected chi connectivity index (χ3v) is 8.83. The van der Waals surface area contributed by atoms with Crippen molar-refractivity contribution in [3.8, 4) is 0 Å². The summed E-state index contributed by atoms with van der Waals surface area (Å²) in [6.45, 7) is 0. The Bertz CT molecular complexity index is 868. The van der Waals surface area contributed by atoms with E-state index in [1.165, 1.54) is 22.6 Å². The highest BCUT2D eigenvalue weighted by Gasteiger charge is 2.43. The van der Waals surface area contributed by atoms with E-state index in [-0.39, 0.29) is 9.86 Å². The Kier molecular flexibility index (Phi) is 6.78. The average molecular weight is 419 g/mol. The summed E-state index contributed by atoms with van der Waals surface area (Å²) in [5.74, 6) is 0.614. The van der Waals surface area contributed by atoms with Gasteiger partial charge in [-0.05, 0) is 43.0 Å². The van der Waals surface area contributed by atoms with Crippen molar-refractivity contribution in [1.82, 2.24) is 0 Å². The molecule has 0 aliphatic heterocycles. The third kappa shape index (κ3) is 5.15. The molecule has 1 nitrogen and oxygen atoms in total. The number of thioether (sulfide) groups is 2. The number of carbonyl (C=O) groups is 1. The van der Waals surface area contributed by atoms with Gasteiger partial charge >= 0.3 is 0 Å². The van der Waals surface area contributed by atoms with E-state index in [0.717, 1.165) is 18.4 Å². The van der Waals surface area contributed by atoms with Crippen molar-refractivity contribution in [2.45, 2.75) is 46.0 Å². The van der Waals surface area contributed by atoms with Crippen molar-refractivity contribution in [2.24, 2.45) is 5.92 Å². The van der Waals surface area contributed by atoms with Gasteiger partial charge in [0, 0.05) is 21.8 Å². The number of hydrogen-bond acceptors (Lipinski definition) is 3. The van der Waals surface area contributed by atoms with Gasteiger partial charge in [-0.1, -0.05) is 79.6 Å². The molecule has 3 heteroatoms. The zero-order valence-corrected chi connectivity index (χ0v) is 18.1. The zero-order valence-electron chi connectivity index (χ0n) is 16.5. The minimum Gasteiger partial charge on any atom is -0.294 e. The minimum atomic E-state index is -0.0224. The van der Waals surface area contributed by atoms with Crippen molar-refractivity contribution in [3.63, 3.8) is 0 Å². The highest BCUT2D eigenvalue weighted by molar-refractivity contribution is 8.18. The molecule has 0 aromatic heterocycles. The summed E-state index contributed by atoms with van der Waals surface area (Å²) in [6.07, 6.45) is 5.27. The van der Waals surface area contributed by atoms with Crippen LogP contribution in [0.3, 0.4) is 0 Å². The lowest BCUT2D eigenvalue weighted by atomic mass is 9.83. The fourth-order valence-corrected chi connectivity index (χ4v) is 7.43. The molecule has 0 radical (unpaired) electrons. The largest absolute Gasteiger partial charge is 0.294 e. The minimum absolute atomic E-state index is 0.0224. The van der Waals surface area contributed by atoms with Crippen molar-refractivity contribution in [3.05, 3.63) is 96.6 Å². The molecule has 1 fully saturated rings. The van der Waals surface area contributed by atoms with Crippen LogP contribution >= 0.6 is 23.5 Å². The van der Waals surface area contributed by atoms with Crippen LogP contribution in [0.2, 0.25) is 0 Å². The Morgan fingerprint density at radius 1 is 0.759 bits per heavy atom. The van der Waals surface area contributed by atoms with Crippen LogP contribution in [0.4, 0.5) is 0 Å². The summed E-state index contributed by atoms with van der Waals surface area (Å²) in [5, 5.41) is 0. The van der Waals surface area contributed by atoms with Gasteiger partial charge in [0.2, 0.25) is 0 Å². The summed E-state index contributed by atoms with van der Waals surface area (Å²) in [7, 11) is 0. The predicted octanol–water partition coefficient (Wildman–Crippen LogP) is 7.73. The van der Waals surface area contributed by atoms with Crippen LogP contribution in [-0.4, -0.2) is 9.86 Å². The maximum atomic E-state index is 13.1. The van der Waals surface area contributed by atoms with Gasteiger partial charge in [0.15, 0.2) is 5.78 Å². The van der Waals surface area contributed by atoms with Crippen LogP contribution in [0.5, 0.6) is 0 Å². The molecule has 1 atom stereocenters. The van der Waals surface area contributed by atoms with Crippen LogP contribution in [-0.2, 0) is 0 Å². The molecule has 0 amide bonds. The van der Waals surface area contributed by atoms with Gasteiger partial charge < -0.3 is 0 Å². The van der Waals surface area contributed by atoms with E-state index in [0.29, 0.717) is 12.3 Å². The summed E-state index contributed by atoms with van der Waals surface area (Å²) >= 11 is 3.93. The van der Waals surface area contributed by atoms with Gasteiger partial charge in [-0.3, -0.25) is 4.79 Å². The molecule has 1 unspecified atom stereocenters. The average Bonchev–Trinajstić information content (AvgIpc) is 2.77. The Morgan fingerprint density at radius 3 is 1.83 bits per heavy atom. The second-order valence-corrected chi connectivity index (χ2v) is 10.6. The fourth-order valence-electron chi connectivity index (χ4n) is 4.08. The van der Waals surface area contributed by atoms with Crippen LogP contribution in [0, 0.1) is 5.92 Å². The number of hydrogen-bond donors (Lipinski definition) is 0. The normalized spacial score (nSPS) is 18.3. The number of benzene rings is 3. The molecule has 4 rings (SSSR count). The predicted molar refractivity (Wildman–Crippen MR) is 125 cm³/mol. The van der Waals surface area contributed by atoms with Gasteiger partial charge in [-0.2, -0.15) is 0 Å². The van der Waals surface area contributed by atoms with Crippen molar-refractivity contribution in [2.75, 3.05) is 0 Å². The molecule has 148 valence electrons. The van der Waals surface area contributed by atoms with E-state index in [4.69, 9.17) is 0 Å². The van der Waals surface area contributed by atoms with E-state index >= 15 is 0 Å². The van der Waals surface area contributed by atoms with Gasteiger partial charge in [0.1, 0.15) is 0 Å². The van der Waals surface area contributed by atoms with Crippen LogP contribution in [0.25, 0.3) is 0 Å². The highest BCUT2D eigenvalue weighted by atomic mass is 32.2. The van der Waals surface area contributed by atoms with E-state index in [9.17, 15) is 4.79 Å². The SMILES string of the molecule is O=C(CC1CCCCC1(Sc1ccccc1)Sc1ccccc1)c1ccccc1. The summed E-state index contributed by atoms with van der Waals surface area (Å²) in [5.41, 5.74) is 0.835. The van der Waals surface area contributed by atoms with Crippen molar-refractivity contribution in [1.29, 1.82) is 0 Å². The van der Waals surface area contributed by atoms with Gasteiger partial charge in [0.25, 0.3) is 0 Å². The second-order valence-electron chi connectivity index (χ2n) is 7.58. The standard InChI is InChI=1S/C26H26OS2/c27-25(21-12-4-1-5-13-21)20-22-14-10-11-19-26(22,28-23-15-6-2-7-16-23)29-24-17-8-3-9-18-24/h1-9,12-13,15-18,22H,10-11,14,19-20H2. The van der Waals surface area contributed by atoms with E-state index in [2.05, 4.69) is 60.7 Å². The lowest BCUT2D eigenvalue weighted by molar-refractivity contribution is 0.0948. The van der Waals surface area contributed by atoms with Crippen LogP contribution in [0.15, 0.2) is 101 Å². The molecular weight excluding hydrogens is 392 g/mol. The highest BCUT2D eigenvalue weighted by Crippen LogP contribution is 2.57. The van der Waals surface area contributed by atoms with Crippen LogP contribution < -0.4 is 0 Å². The molecule has 1 saturated carbocycles. The number of carbonyl (C=O) groups excluding carboxylic acids is 1. The molecule has 3 aromatic carbocycles. The monoisotopic (exact) mass is 418 g/mol. The number of ketones is 1. The van der Waals surface area contributed by atoms with Crippen LogP contribution in [0.1, 0.15) is 42.5 Å². The molecule has 0 bridgehead atoms. The molecule has 3 aromatic rings. The topological polar surface area (TPSA) is 17.1 Å². The number of Topliss-reactive ketones (excluding diaryl/α,β-unsaturated/α-hetero) is 1. The quantitative estimate of drug-likeness (QED) is 0.289. The summed E-state index contributed by atoms with van der Waals surface area (Å²) in [4.78, 5) is 15.7. The lowest BCUT2D eigenvalue weighted by Gasteiger charge is -2.43. The first-order valence-electron chi connectivity index (χ1n) is 10.3. The molecule has 0 N–H and O–H groups in total. The third-order valence-electron chi connectivity index (χ3n) is 5.55. The summed E-state index contributed by atoms with van der Waals surface area (Å²) < 4.78 is -0.0224. The Morgan fingerprint density at radius 2 is 1.28 bits per heavy atom. The molecule has 0 spiro atoms. The van der Waals surface area contributed by atoms with E-state index in [1.807, 2.05) is 53.9 Å². The Hall–Kier alpha value is -1.97. The molecular formula is C26H26OS2. The molecule has 0 heterocycles. The first-order valence-corrected chi connectivity index (χ1v) is 11.9. The lowest BCUT2D eigenvalue weighted by Crippen LogP contribution is -2.36. The smallest absolute Gasteiger partial charge is 0.163 e. The maximum Gasteiger partial charge on any atom is 0.163 e. The van der Waals surface area contributed by atoms with Gasteiger partial charge in [-0.25, -0.2) is 0 Å². The Labute approximate surface area is 182 Å². The first kappa shape index (κ1) is 20.3. The van der Waals surface area contributed by atoms with Crippen molar-refractivity contribution < 1.29 is 4.79 Å². The van der Waals surface area contributed by atoms with Crippen molar-refractivity contribution >= 4 is 29.3 Å². The second kappa shape index (κ2) is 9.69. The van der Waals surface area contributed by atoms with Gasteiger partial charge in [0.05, 0.1) is 4.08 Å². The molecule has 1 aliphatic rings.